The van der Waals surface area contributed by atoms with E-state index in [1.165, 1.54) is 24.3 Å². The lowest BCUT2D eigenvalue weighted by Crippen LogP contribution is -2.03. The predicted octanol–water partition coefficient (Wildman–Crippen LogP) is 4.03. The minimum absolute atomic E-state index is 0.0450. The number of nitrogens with one attached hydrogen (secondary N) is 1. The first-order valence-corrected chi connectivity index (χ1v) is 6.55. The summed E-state index contributed by atoms with van der Waals surface area (Å²) < 4.78 is 28.4. The summed E-state index contributed by atoms with van der Waals surface area (Å²) in [5.74, 6) is 0.0585. The summed E-state index contributed by atoms with van der Waals surface area (Å²) in [6, 6.07) is 11.9. The van der Waals surface area contributed by atoms with Gasteiger partial charge in [-0.2, -0.15) is 13.9 Å². The van der Waals surface area contributed by atoms with Crippen LogP contribution in [0.4, 0.5) is 20.2 Å². The normalized spacial score (nSPS) is 11.4. The Morgan fingerprint density at radius 3 is 2.57 bits per heavy atom. The monoisotopic (exact) mass is 321 g/mol. The van der Waals surface area contributed by atoms with Gasteiger partial charge >= 0.3 is 6.61 Å². The summed E-state index contributed by atoms with van der Waals surface area (Å²) >= 11 is 0. The van der Waals surface area contributed by atoms with E-state index in [4.69, 9.17) is 0 Å². The van der Waals surface area contributed by atoms with Crippen molar-refractivity contribution in [2.45, 2.75) is 13.5 Å². The Hall–Kier alpha value is -3.03. The van der Waals surface area contributed by atoms with Gasteiger partial charge in [-0.1, -0.05) is 6.07 Å². The number of hydrazone groups is 1. The zero-order chi connectivity index (χ0) is 16.8. The van der Waals surface area contributed by atoms with Crippen LogP contribution in [0, 0.1) is 10.1 Å². The van der Waals surface area contributed by atoms with Gasteiger partial charge in [-0.25, -0.2) is 0 Å². The second kappa shape index (κ2) is 7.30. The second-order valence-corrected chi connectivity index (χ2v) is 4.52. The van der Waals surface area contributed by atoms with Crippen molar-refractivity contribution in [3.63, 3.8) is 0 Å². The van der Waals surface area contributed by atoms with Crippen molar-refractivity contribution < 1.29 is 18.4 Å². The van der Waals surface area contributed by atoms with Gasteiger partial charge in [0.1, 0.15) is 5.75 Å². The van der Waals surface area contributed by atoms with Gasteiger partial charge in [0, 0.05) is 12.1 Å². The van der Waals surface area contributed by atoms with Crippen molar-refractivity contribution >= 4 is 17.1 Å². The van der Waals surface area contributed by atoms with Crippen molar-refractivity contribution in [2.75, 3.05) is 5.43 Å². The molecule has 0 heterocycles. The molecule has 120 valence electrons. The maximum Gasteiger partial charge on any atom is 0.387 e. The molecule has 0 atom stereocenters. The molecule has 8 heteroatoms. The number of nitrogens with zero attached hydrogens (tertiary/aromatic N) is 2. The number of nitro groups is 1. The van der Waals surface area contributed by atoms with Crippen molar-refractivity contribution in [3.8, 4) is 5.75 Å². The molecule has 0 radical (unpaired) electrons. The number of nitro benzene ring substituents is 1. The first-order chi connectivity index (χ1) is 11.0. The van der Waals surface area contributed by atoms with Crippen molar-refractivity contribution in [2.24, 2.45) is 5.10 Å². The lowest BCUT2D eigenvalue weighted by molar-refractivity contribution is -0.384. The van der Waals surface area contributed by atoms with Crippen LogP contribution in [0.15, 0.2) is 53.6 Å². The third-order valence-corrected chi connectivity index (χ3v) is 2.91. The van der Waals surface area contributed by atoms with Crippen LogP contribution in [-0.4, -0.2) is 17.2 Å². The number of anilines is 1. The van der Waals surface area contributed by atoms with E-state index in [1.54, 1.807) is 31.2 Å². The van der Waals surface area contributed by atoms with Gasteiger partial charge in [-0.05, 0) is 42.8 Å². The Balaban J connectivity index is 2.07. The number of halogens is 2. The van der Waals surface area contributed by atoms with Crippen molar-refractivity contribution in [1.82, 2.24) is 0 Å². The summed E-state index contributed by atoms with van der Waals surface area (Å²) in [5.41, 5.74) is 4.42. The first-order valence-electron chi connectivity index (χ1n) is 6.55. The van der Waals surface area contributed by atoms with E-state index < -0.39 is 11.5 Å². The summed E-state index contributed by atoms with van der Waals surface area (Å²) in [4.78, 5) is 10.2. The Bertz CT molecular complexity index is 718. The highest BCUT2D eigenvalue weighted by molar-refractivity contribution is 5.99. The van der Waals surface area contributed by atoms with Gasteiger partial charge in [0.2, 0.25) is 0 Å². The highest BCUT2D eigenvalue weighted by Crippen LogP contribution is 2.18. The van der Waals surface area contributed by atoms with E-state index in [1.807, 2.05) is 0 Å². The maximum atomic E-state index is 12.1. The number of non-ortho nitro benzene ring substituents is 1. The summed E-state index contributed by atoms with van der Waals surface area (Å²) in [7, 11) is 0. The van der Waals surface area contributed by atoms with Gasteiger partial charge in [0.15, 0.2) is 0 Å². The van der Waals surface area contributed by atoms with E-state index in [9.17, 15) is 18.9 Å². The Morgan fingerprint density at radius 1 is 1.26 bits per heavy atom. The van der Waals surface area contributed by atoms with Gasteiger partial charge in [0.05, 0.1) is 16.3 Å². The van der Waals surface area contributed by atoms with Crippen LogP contribution in [0.1, 0.15) is 12.5 Å². The molecule has 23 heavy (non-hydrogen) atoms. The summed E-state index contributed by atoms with van der Waals surface area (Å²) in [5, 5.41) is 14.8. The second-order valence-electron chi connectivity index (χ2n) is 4.52. The third kappa shape index (κ3) is 4.73. The molecule has 0 bridgehead atoms. The standard InChI is InChI=1S/C15H13F2N3O3/c1-10(11-5-7-14(8-6-11)23-15(16)17)18-19-12-3-2-4-13(9-12)20(21)22/h2-9,15,19H,1H3/b18-10+. The van der Waals surface area contributed by atoms with Crippen molar-refractivity contribution in [1.29, 1.82) is 0 Å². The van der Waals surface area contributed by atoms with Gasteiger partial charge < -0.3 is 4.74 Å². The fraction of sp³-hybridized carbons (Fsp3) is 0.133. The number of hydrogen-bond acceptors (Lipinski definition) is 5. The largest absolute Gasteiger partial charge is 0.435 e. The van der Waals surface area contributed by atoms with Crippen LogP contribution in [0.5, 0.6) is 5.75 Å². The third-order valence-electron chi connectivity index (χ3n) is 2.91. The molecule has 0 saturated heterocycles. The number of rotatable bonds is 6. The first kappa shape index (κ1) is 16.3. The van der Waals surface area contributed by atoms with Crippen LogP contribution in [-0.2, 0) is 0 Å². The van der Waals surface area contributed by atoms with E-state index in [2.05, 4.69) is 15.3 Å². The zero-order valence-corrected chi connectivity index (χ0v) is 12.1. The molecular formula is C15H13F2N3O3. The molecule has 0 saturated carbocycles. The Labute approximate surface area is 130 Å². The van der Waals surface area contributed by atoms with Gasteiger partial charge in [-0.15, -0.1) is 0 Å². The smallest absolute Gasteiger partial charge is 0.387 e. The molecule has 0 unspecified atom stereocenters. The van der Waals surface area contributed by atoms with Crippen LogP contribution in [0.3, 0.4) is 0 Å². The van der Waals surface area contributed by atoms with Crippen molar-refractivity contribution in [3.05, 3.63) is 64.2 Å². The molecule has 2 aromatic rings. The van der Waals surface area contributed by atoms with Crippen LogP contribution in [0.2, 0.25) is 0 Å². The molecule has 0 spiro atoms. The SMILES string of the molecule is C/C(=N\Nc1cccc([N+](=O)[O-])c1)c1ccc(OC(F)F)cc1. The highest BCUT2D eigenvalue weighted by atomic mass is 19.3. The fourth-order valence-corrected chi connectivity index (χ4v) is 1.78. The fourth-order valence-electron chi connectivity index (χ4n) is 1.78. The minimum atomic E-state index is -2.87. The molecule has 6 nitrogen and oxygen atoms in total. The van der Waals surface area contributed by atoms with Crippen LogP contribution >= 0.6 is 0 Å². The number of ether oxygens (including phenoxy) is 1. The lowest BCUT2D eigenvalue weighted by Gasteiger charge is -2.06. The highest BCUT2D eigenvalue weighted by Gasteiger charge is 2.06. The predicted molar refractivity (Wildman–Crippen MR) is 82.0 cm³/mol. The Morgan fingerprint density at radius 2 is 1.96 bits per heavy atom. The number of benzene rings is 2. The quantitative estimate of drug-likeness (QED) is 0.495. The molecule has 1 N–H and O–H groups in total. The zero-order valence-electron chi connectivity index (χ0n) is 12.1. The molecule has 0 fully saturated rings. The van der Waals surface area contributed by atoms with Gasteiger partial charge in [-0.3, -0.25) is 15.5 Å². The number of hydrogen-bond donors (Lipinski definition) is 1. The Kier molecular flexibility index (Phi) is 5.19. The minimum Gasteiger partial charge on any atom is -0.435 e. The summed E-state index contributed by atoms with van der Waals surface area (Å²) in [6.45, 7) is -1.15. The molecule has 0 aromatic heterocycles. The summed E-state index contributed by atoms with van der Waals surface area (Å²) in [6.07, 6.45) is 0. The lowest BCUT2D eigenvalue weighted by atomic mass is 10.1. The molecule has 2 aromatic carbocycles. The number of alkyl halides is 2. The molecule has 0 aliphatic heterocycles. The van der Waals surface area contributed by atoms with Crippen LogP contribution < -0.4 is 10.2 Å². The average Bonchev–Trinajstić information content (AvgIpc) is 2.53. The average molecular weight is 321 g/mol. The van der Waals surface area contributed by atoms with E-state index >= 15 is 0 Å². The maximum absolute atomic E-state index is 12.1. The van der Waals surface area contributed by atoms with E-state index in [0.29, 0.717) is 17.0 Å². The van der Waals surface area contributed by atoms with Gasteiger partial charge in [0.25, 0.3) is 5.69 Å². The molecule has 0 aliphatic rings. The molecular weight excluding hydrogens is 308 g/mol. The molecule has 0 aliphatic carbocycles. The van der Waals surface area contributed by atoms with E-state index in [-0.39, 0.29) is 11.4 Å². The molecule has 2 rings (SSSR count). The van der Waals surface area contributed by atoms with E-state index in [0.717, 1.165) is 0 Å². The molecule has 0 amide bonds. The topological polar surface area (TPSA) is 76.8 Å². The van der Waals surface area contributed by atoms with Crippen LogP contribution in [0.25, 0.3) is 0 Å².